The van der Waals surface area contributed by atoms with Gasteiger partial charge in [-0.25, -0.2) is 9.97 Å². The molecule has 3 nitrogen and oxygen atoms in total. The lowest BCUT2D eigenvalue weighted by Gasteiger charge is -2.09. The third-order valence-corrected chi connectivity index (χ3v) is 3.01. The van der Waals surface area contributed by atoms with E-state index >= 15 is 0 Å². The van der Waals surface area contributed by atoms with Gasteiger partial charge in [0.25, 0.3) is 0 Å². The first kappa shape index (κ1) is 13.5. The maximum absolute atomic E-state index is 4.61. The van der Waals surface area contributed by atoms with Crippen molar-refractivity contribution in [2.24, 2.45) is 0 Å². The molecule has 0 atom stereocenters. The van der Waals surface area contributed by atoms with Crippen LogP contribution < -0.4 is 5.32 Å². The SMILES string of the molecule is CCCNc1cc(CC)nc(-c2ccc(C)cc2)n1. The van der Waals surface area contributed by atoms with E-state index in [0.717, 1.165) is 42.3 Å². The minimum Gasteiger partial charge on any atom is -0.370 e. The molecule has 2 rings (SSSR count). The van der Waals surface area contributed by atoms with E-state index in [1.807, 2.05) is 6.07 Å². The van der Waals surface area contributed by atoms with Gasteiger partial charge in [0.2, 0.25) is 0 Å². The number of benzene rings is 1. The topological polar surface area (TPSA) is 37.8 Å². The second-order valence-electron chi connectivity index (χ2n) is 4.71. The van der Waals surface area contributed by atoms with Crippen molar-refractivity contribution in [2.45, 2.75) is 33.6 Å². The van der Waals surface area contributed by atoms with Crippen LogP contribution in [0.25, 0.3) is 11.4 Å². The summed E-state index contributed by atoms with van der Waals surface area (Å²) in [5.41, 5.74) is 3.39. The van der Waals surface area contributed by atoms with Crippen molar-refractivity contribution in [3.63, 3.8) is 0 Å². The Kier molecular flexibility index (Phi) is 4.50. The van der Waals surface area contributed by atoms with Gasteiger partial charge in [-0.1, -0.05) is 43.7 Å². The molecule has 1 N–H and O–H groups in total. The summed E-state index contributed by atoms with van der Waals surface area (Å²) in [5, 5.41) is 3.34. The van der Waals surface area contributed by atoms with E-state index in [4.69, 9.17) is 0 Å². The highest BCUT2D eigenvalue weighted by Gasteiger charge is 2.05. The van der Waals surface area contributed by atoms with Crippen LogP contribution >= 0.6 is 0 Å². The molecule has 3 heteroatoms. The lowest BCUT2D eigenvalue weighted by molar-refractivity contribution is 0.951. The lowest BCUT2D eigenvalue weighted by Crippen LogP contribution is -2.05. The van der Waals surface area contributed by atoms with Crippen LogP contribution in [0.2, 0.25) is 0 Å². The first-order valence-electron chi connectivity index (χ1n) is 6.91. The maximum atomic E-state index is 4.61. The number of nitrogens with one attached hydrogen (secondary N) is 1. The highest BCUT2D eigenvalue weighted by molar-refractivity contribution is 5.58. The van der Waals surface area contributed by atoms with Crippen molar-refractivity contribution in [1.82, 2.24) is 9.97 Å². The minimum absolute atomic E-state index is 0.804. The van der Waals surface area contributed by atoms with Gasteiger partial charge in [-0.05, 0) is 19.8 Å². The third-order valence-electron chi connectivity index (χ3n) is 3.01. The molecule has 0 amide bonds. The fraction of sp³-hybridized carbons (Fsp3) is 0.375. The van der Waals surface area contributed by atoms with Crippen LogP contribution in [-0.4, -0.2) is 16.5 Å². The Morgan fingerprint density at radius 3 is 2.42 bits per heavy atom. The summed E-state index contributed by atoms with van der Waals surface area (Å²) in [6, 6.07) is 10.4. The molecule has 0 bridgehead atoms. The van der Waals surface area contributed by atoms with E-state index in [-0.39, 0.29) is 0 Å². The Bertz CT molecular complexity index is 532. The van der Waals surface area contributed by atoms with Gasteiger partial charge in [-0.15, -0.1) is 0 Å². The predicted molar refractivity (Wildman–Crippen MR) is 80.4 cm³/mol. The fourth-order valence-electron chi connectivity index (χ4n) is 1.85. The Hall–Kier alpha value is -1.90. The molecule has 0 aliphatic carbocycles. The normalized spacial score (nSPS) is 10.5. The maximum Gasteiger partial charge on any atom is 0.161 e. The van der Waals surface area contributed by atoms with E-state index in [0.29, 0.717) is 0 Å². The molecule has 19 heavy (non-hydrogen) atoms. The zero-order valence-electron chi connectivity index (χ0n) is 11.9. The Morgan fingerprint density at radius 1 is 1.05 bits per heavy atom. The van der Waals surface area contributed by atoms with Crippen molar-refractivity contribution in [3.05, 3.63) is 41.6 Å². The number of rotatable bonds is 5. The van der Waals surface area contributed by atoms with Gasteiger partial charge in [0.05, 0.1) is 0 Å². The van der Waals surface area contributed by atoms with Gasteiger partial charge in [0, 0.05) is 23.9 Å². The summed E-state index contributed by atoms with van der Waals surface area (Å²) in [7, 11) is 0. The summed E-state index contributed by atoms with van der Waals surface area (Å²) in [6.45, 7) is 7.29. The van der Waals surface area contributed by atoms with Crippen LogP contribution in [0, 0.1) is 6.92 Å². The van der Waals surface area contributed by atoms with Crippen LogP contribution in [0.1, 0.15) is 31.5 Å². The van der Waals surface area contributed by atoms with E-state index < -0.39 is 0 Å². The second kappa shape index (κ2) is 6.32. The minimum atomic E-state index is 0.804. The van der Waals surface area contributed by atoms with Crippen LogP contribution in [0.4, 0.5) is 5.82 Å². The van der Waals surface area contributed by atoms with Gasteiger partial charge in [-0.3, -0.25) is 0 Å². The van der Waals surface area contributed by atoms with Gasteiger partial charge in [0.1, 0.15) is 5.82 Å². The zero-order valence-corrected chi connectivity index (χ0v) is 11.9. The molecule has 0 saturated heterocycles. The summed E-state index contributed by atoms with van der Waals surface area (Å²) in [4.78, 5) is 9.21. The number of aryl methyl sites for hydroxylation is 2. The Balaban J connectivity index is 2.35. The third kappa shape index (κ3) is 3.53. The Labute approximate surface area is 115 Å². The molecule has 0 spiro atoms. The number of hydrogen-bond donors (Lipinski definition) is 1. The molecule has 0 aliphatic rings. The van der Waals surface area contributed by atoms with Crippen molar-refractivity contribution in [3.8, 4) is 11.4 Å². The van der Waals surface area contributed by atoms with Gasteiger partial charge in [0.15, 0.2) is 5.82 Å². The second-order valence-corrected chi connectivity index (χ2v) is 4.71. The standard InChI is InChI=1S/C16H21N3/c1-4-10-17-15-11-14(5-2)18-16(19-15)13-8-6-12(3)7-9-13/h6-9,11H,4-5,10H2,1-3H3,(H,17,18,19). The van der Waals surface area contributed by atoms with Crippen LogP contribution in [0.3, 0.4) is 0 Å². The number of nitrogens with zero attached hydrogens (tertiary/aromatic N) is 2. The summed E-state index contributed by atoms with van der Waals surface area (Å²) in [6.07, 6.45) is 2.01. The summed E-state index contributed by atoms with van der Waals surface area (Å²) >= 11 is 0. The number of anilines is 1. The van der Waals surface area contributed by atoms with Crippen LogP contribution in [-0.2, 0) is 6.42 Å². The van der Waals surface area contributed by atoms with Gasteiger partial charge < -0.3 is 5.32 Å². The molecule has 1 aromatic carbocycles. The molecule has 0 aliphatic heterocycles. The highest BCUT2D eigenvalue weighted by Crippen LogP contribution is 2.19. The Morgan fingerprint density at radius 2 is 1.79 bits per heavy atom. The van der Waals surface area contributed by atoms with E-state index in [9.17, 15) is 0 Å². The van der Waals surface area contributed by atoms with Crippen LogP contribution in [0.15, 0.2) is 30.3 Å². The number of aromatic nitrogens is 2. The average molecular weight is 255 g/mol. The van der Waals surface area contributed by atoms with Gasteiger partial charge in [-0.2, -0.15) is 0 Å². The quantitative estimate of drug-likeness (QED) is 0.882. The molecule has 0 unspecified atom stereocenters. The summed E-state index contributed by atoms with van der Waals surface area (Å²) in [5.74, 6) is 1.72. The molecule has 1 heterocycles. The van der Waals surface area contributed by atoms with Crippen molar-refractivity contribution in [1.29, 1.82) is 0 Å². The molecular formula is C16H21N3. The predicted octanol–water partition coefficient (Wildman–Crippen LogP) is 3.84. The number of hydrogen-bond acceptors (Lipinski definition) is 3. The van der Waals surface area contributed by atoms with E-state index in [1.54, 1.807) is 0 Å². The molecule has 1 aromatic heterocycles. The molecule has 100 valence electrons. The van der Waals surface area contributed by atoms with Crippen LogP contribution in [0.5, 0.6) is 0 Å². The van der Waals surface area contributed by atoms with Crippen molar-refractivity contribution in [2.75, 3.05) is 11.9 Å². The largest absolute Gasteiger partial charge is 0.370 e. The van der Waals surface area contributed by atoms with Gasteiger partial charge >= 0.3 is 0 Å². The highest BCUT2D eigenvalue weighted by atomic mass is 15.0. The first-order chi connectivity index (χ1) is 9.22. The molecule has 0 radical (unpaired) electrons. The van der Waals surface area contributed by atoms with Crippen molar-refractivity contribution >= 4 is 5.82 Å². The van der Waals surface area contributed by atoms with E-state index in [2.05, 4.69) is 60.3 Å². The van der Waals surface area contributed by atoms with E-state index in [1.165, 1.54) is 5.56 Å². The van der Waals surface area contributed by atoms with Crippen molar-refractivity contribution < 1.29 is 0 Å². The molecular weight excluding hydrogens is 234 g/mol. The monoisotopic (exact) mass is 255 g/mol. The molecule has 0 fully saturated rings. The fourth-order valence-corrected chi connectivity index (χ4v) is 1.85. The molecule has 2 aromatic rings. The zero-order chi connectivity index (χ0) is 13.7. The smallest absolute Gasteiger partial charge is 0.161 e. The summed E-state index contributed by atoms with van der Waals surface area (Å²) < 4.78 is 0. The average Bonchev–Trinajstić information content (AvgIpc) is 2.45. The molecule has 0 saturated carbocycles. The lowest BCUT2D eigenvalue weighted by atomic mass is 10.1. The first-order valence-corrected chi connectivity index (χ1v) is 6.91.